The van der Waals surface area contributed by atoms with Gasteiger partial charge in [-0.05, 0) is 29.0 Å². The van der Waals surface area contributed by atoms with Gasteiger partial charge in [-0.1, -0.05) is 48.5 Å². The number of fused-ring (bicyclic) bond motifs is 1. The van der Waals surface area contributed by atoms with Crippen molar-refractivity contribution < 1.29 is 14.5 Å². The van der Waals surface area contributed by atoms with E-state index in [1.807, 2.05) is 42.5 Å². The highest BCUT2D eigenvalue weighted by molar-refractivity contribution is 6.26. The third-order valence-electron chi connectivity index (χ3n) is 5.20. The second-order valence-corrected chi connectivity index (χ2v) is 6.85. The standard InChI is InChI=1S/C23H13N3O4/c27-22-18-10-4-9-17-20(26(29)30)12-11-19(21(17)18)23(28)25(22)24-13-15-7-3-6-14-5-1-2-8-16(14)15/h1-13H/b24-13-. The summed E-state index contributed by atoms with van der Waals surface area (Å²) in [6.07, 6.45) is 1.48. The van der Waals surface area contributed by atoms with Crippen LogP contribution in [0.3, 0.4) is 0 Å². The van der Waals surface area contributed by atoms with Crippen molar-refractivity contribution in [1.29, 1.82) is 0 Å². The maximum Gasteiger partial charge on any atom is 0.282 e. The van der Waals surface area contributed by atoms with Crippen molar-refractivity contribution in [2.75, 3.05) is 0 Å². The fourth-order valence-corrected chi connectivity index (χ4v) is 3.82. The van der Waals surface area contributed by atoms with Gasteiger partial charge in [0.15, 0.2) is 0 Å². The molecule has 144 valence electrons. The van der Waals surface area contributed by atoms with Crippen LogP contribution in [-0.2, 0) is 0 Å². The Bertz CT molecular complexity index is 1400. The largest absolute Gasteiger partial charge is 0.282 e. The lowest BCUT2D eigenvalue weighted by Gasteiger charge is -2.23. The van der Waals surface area contributed by atoms with Crippen molar-refractivity contribution in [3.63, 3.8) is 0 Å². The number of hydrogen-bond donors (Lipinski definition) is 0. The zero-order chi connectivity index (χ0) is 20.8. The van der Waals surface area contributed by atoms with Gasteiger partial charge >= 0.3 is 0 Å². The monoisotopic (exact) mass is 395 g/mol. The van der Waals surface area contributed by atoms with Gasteiger partial charge in [0.25, 0.3) is 17.5 Å². The zero-order valence-corrected chi connectivity index (χ0v) is 15.5. The number of nitro benzene ring substituents is 1. The van der Waals surface area contributed by atoms with Crippen molar-refractivity contribution in [2.45, 2.75) is 0 Å². The van der Waals surface area contributed by atoms with Gasteiger partial charge in [0, 0.05) is 17.0 Å². The molecule has 4 aromatic carbocycles. The first kappa shape index (κ1) is 17.7. The second-order valence-electron chi connectivity index (χ2n) is 6.85. The molecule has 0 saturated heterocycles. The Morgan fingerprint density at radius 2 is 1.47 bits per heavy atom. The van der Waals surface area contributed by atoms with E-state index < -0.39 is 16.7 Å². The SMILES string of the molecule is O=C1c2cccc3c([N+](=O)[O-])ccc(c23)C(=O)N1/N=C\c1cccc2ccccc12. The maximum atomic E-state index is 13.0. The van der Waals surface area contributed by atoms with Crippen LogP contribution >= 0.6 is 0 Å². The quantitative estimate of drug-likeness (QED) is 0.220. The van der Waals surface area contributed by atoms with Gasteiger partial charge in [-0.3, -0.25) is 19.7 Å². The molecule has 1 aliphatic heterocycles. The van der Waals surface area contributed by atoms with E-state index in [9.17, 15) is 19.7 Å². The van der Waals surface area contributed by atoms with Gasteiger partial charge in [0.2, 0.25) is 0 Å². The van der Waals surface area contributed by atoms with Crippen LogP contribution in [0.25, 0.3) is 21.5 Å². The Morgan fingerprint density at radius 3 is 2.27 bits per heavy atom. The molecule has 7 heteroatoms. The number of non-ortho nitro benzene ring substituents is 1. The van der Waals surface area contributed by atoms with Crippen molar-refractivity contribution in [1.82, 2.24) is 5.01 Å². The van der Waals surface area contributed by atoms with Crippen LogP contribution in [0, 0.1) is 10.1 Å². The van der Waals surface area contributed by atoms with Gasteiger partial charge in [0.1, 0.15) is 0 Å². The van der Waals surface area contributed by atoms with Crippen LogP contribution in [0.2, 0.25) is 0 Å². The van der Waals surface area contributed by atoms with E-state index in [1.165, 1.54) is 24.4 Å². The smallest absolute Gasteiger partial charge is 0.267 e. The Kier molecular flexibility index (Phi) is 3.89. The Morgan fingerprint density at radius 1 is 0.800 bits per heavy atom. The molecule has 0 N–H and O–H groups in total. The molecule has 4 aromatic rings. The molecule has 0 atom stereocenters. The van der Waals surface area contributed by atoms with E-state index in [-0.39, 0.29) is 22.2 Å². The zero-order valence-electron chi connectivity index (χ0n) is 15.5. The molecular formula is C23H13N3O4. The van der Waals surface area contributed by atoms with Crippen molar-refractivity contribution in [2.24, 2.45) is 5.10 Å². The number of hydrogen-bond acceptors (Lipinski definition) is 5. The number of amides is 2. The summed E-state index contributed by atoms with van der Waals surface area (Å²) >= 11 is 0. The van der Waals surface area contributed by atoms with Crippen LogP contribution in [0.1, 0.15) is 26.3 Å². The molecule has 5 rings (SSSR count). The number of carbonyl (C=O) groups excluding carboxylic acids is 2. The fraction of sp³-hybridized carbons (Fsp3) is 0. The summed E-state index contributed by atoms with van der Waals surface area (Å²) in [7, 11) is 0. The first-order chi connectivity index (χ1) is 14.6. The molecule has 0 aliphatic carbocycles. The Hall–Kier alpha value is -4.39. The summed E-state index contributed by atoms with van der Waals surface area (Å²) in [6, 6.07) is 20.7. The van der Waals surface area contributed by atoms with E-state index in [1.54, 1.807) is 12.1 Å². The summed E-state index contributed by atoms with van der Waals surface area (Å²) < 4.78 is 0. The van der Waals surface area contributed by atoms with Gasteiger partial charge < -0.3 is 0 Å². The number of benzene rings is 4. The molecule has 2 amide bonds. The molecule has 0 saturated carbocycles. The molecule has 0 spiro atoms. The molecule has 0 radical (unpaired) electrons. The van der Waals surface area contributed by atoms with Gasteiger partial charge in [-0.15, -0.1) is 0 Å². The van der Waals surface area contributed by atoms with Gasteiger partial charge in [-0.2, -0.15) is 10.1 Å². The summed E-state index contributed by atoms with van der Waals surface area (Å²) in [5, 5.41) is 18.8. The van der Waals surface area contributed by atoms with E-state index in [0.717, 1.165) is 21.3 Å². The Balaban J connectivity index is 1.62. The summed E-state index contributed by atoms with van der Waals surface area (Å²) in [4.78, 5) is 36.8. The van der Waals surface area contributed by atoms with Gasteiger partial charge in [-0.25, -0.2) is 0 Å². The molecular weight excluding hydrogens is 382 g/mol. The number of rotatable bonds is 3. The van der Waals surface area contributed by atoms with E-state index in [0.29, 0.717) is 5.39 Å². The molecule has 1 heterocycles. The normalized spacial score (nSPS) is 13.5. The fourth-order valence-electron chi connectivity index (χ4n) is 3.82. The predicted molar refractivity (Wildman–Crippen MR) is 113 cm³/mol. The van der Waals surface area contributed by atoms with Crippen LogP contribution in [0.15, 0.2) is 77.9 Å². The van der Waals surface area contributed by atoms with Gasteiger partial charge in [0.05, 0.1) is 27.7 Å². The third kappa shape index (κ3) is 2.56. The van der Waals surface area contributed by atoms with Crippen molar-refractivity contribution in [3.8, 4) is 0 Å². The van der Waals surface area contributed by atoms with Crippen LogP contribution < -0.4 is 0 Å². The number of imide groups is 1. The number of hydrazone groups is 1. The molecule has 30 heavy (non-hydrogen) atoms. The van der Waals surface area contributed by atoms with E-state index >= 15 is 0 Å². The topological polar surface area (TPSA) is 92.9 Å². The second kappa shape index (κ2) is 6.59. The predicted octanol–water partition coefficient (Wildman–Crippen LogP) is 4.53. The third-order valence-corrected chi connectivity index (χ3v) is 5.20. The minimum atomic E-state index is -0.616. The lowest BCUT2D eigenvalue weighted by molar-refractivity contribution is -0.383. The van der Waals surface area contributed by atoms with Crippen LogP contribution in [-0.4, -0.2) is 28.0 Å². The molecule has 0 bridgehead atoms. The average Bonchev–Trinajstić information content (AvgIpc) is 2.77. The summed E-state index contributed by atoms with van der Waals surface area (Å²) in [5.74, 6) is -1.23. The number of carbonyl (C=O) groups is 2. The molecule has 0 fully saturated rings. The van der Waals surface area contributed by atoms with Crippen molar-refractivity contribution in [3.05, 3.63) is 99.6 Å². The molecule has 7 nitrogen and oxygen atoms in total. The Labute approximate surface area is 170 Å². The summed E-state index contributed by atoms with van der Waals surface area (Å²) in [6.45, 7) is 0. The average molecular weight is 395 g/mol. The minimum absolute atomic E-state index is 0.149. The molecule has 0 unspecified atom stereocenters. The maximum absolute atomic E-state index is 13.0. The van der Waals surface area contributed by atoms with E-state index in [2.05, 4.69) is 5.10 Å². The first-order valence-electron chi connectivity index (χ1n) is 9.17. The molecule has 0 aromatic heterocycles. The van der Waals surface area contributed by atoms with Crippen LogP contribution in [0.4, 0.5) is 5.69 Å². The first-order valence-corrected chi connectivity index (χ1v) is 9.17. The lowest BCUT2D eigenvalue weighted by Crippen LogP contribution is -2.36. The minimum Gasteiger partial charge on any atom is -0.267 e. The highest BCUT2D eigenvalue weighted by Crippen LogP contribution is 2.35. The lowest BCUT2D eigenvalue weighted by atomic mass is 9.94. The summed E-state index contributed by atoms with van der Waals surface area (Å²) in [5.41, 5.74) is 1.03. The number of nitrogens with zero attached hydrogens (tertiary/aromatic N) is 3. The van der Waals surface area contributed by atoms with Crippen molar-refractivity contribution >= 4 is 45.3 Å². The number of nitro groups is 1. The highest BCUT2D eigenvalue weighted by atomic mass is 16.6. The van der Waals surface area contributed by atoms with Crippen LogP contribution in [0.5, 0.6) is 0 Å². The van der Waals surface area contributed by atoms with E-state index in [4.69, 9.17) is 0 Å². The molecule has 1 aliphatic rings. The highest BCUT2D eigenvalue weighted by Gasteiger charge is 2.34.